The Labute approximate surface area is 112 Å². The highest BCUT2D eigenvalue weighted by Crippen LogP contribution is 2.37. The molecule has 102 valence electrons. The molecule has 2 bridgehead atoms. The fraction of sp³-hybridized carbons (Fsp3) is 0.500. The standard InChI is InChI=1S/C14H19N3O2/c15-16-13-7-12-6-11(13)8-17(12)14(18)19-9-10-4-2-1-3-5-10/h1-5,11-13,16H,6-9,15H2. The van der Waals surface area contributed by atoms with Crippen molar-refractivity contribution >= 4 is 6.09 Å². The van der Waals surface area contributed by atoms with Crippen LogP contribution in [-0.2, 0) is 11.3 Å². The molecular formula is C14H19N3O2. The van der Waals surface area contributed by atoms with E-state index in [0.29, 0.717) is 18.6 Å². The smallest absolute Gasteiger partial charge is 0.410 e. The van der Waals surface area contributed by atoms with Crippen LogP contribution in [0, 0.1) is 5.92 Å². The van der Waals surface area contributed by atoms with Gasteiger partial charge in [0.2, 0.25) is 0 Å². The lowest BCUT2D eigenvalue weighted by molar-refractivity contribution is 0.0815. The third-order valence-corrected chi connectivity index (χ3v) is 4.20. The molecule has 5 nitrogen and oxygen atoms in total. The lowest BCUT2D eigenvalue weighted by Crippen LogP contribution is -2.48. The van der Waals surface area contributed by atoms with Crippen LogP contribution in [0.1, 0.15) is 18.4 Å². The highest BCUT2D eigenvalue weighted by atomic mass is 16.6. The molecule has 0 radical (unpaired) electrons. The van der Waals surface area contributed by atoms with Crippen molar-refractivity contribution in [2.24, 2.45) is 11.8 Å². The van der Waals surface area contributed by atoms with Crippen molar-refractivity contribution in [3.63, 3.8) is 0 Å². The zero-order valence-corrected chi connectivity index (χ0v) is 10.8. The first kappa shape index (κ1) is 12.4. The molecule has 1 aromatic rings. The molecule has 1 saturated carbocycles. The average Bonchev–Trinajstić information content (AvgIpc) is 3.05. The minimum atomic E-state index is -0.202. The Balaban J connectivity index is 1.53. The van der Waals surface area contributed by atoms with Crippen molar-refractivity contribution in [2.75, 3.05) is 6.54 Å². The molecule has 3 unspecified atom stereocenters. The summed E-state index contributed by atoms with van der Waals surface area (Å²) in [5.41, 5.74) is 3.85. The summed E-state index contributed by atoms with van der Waals surface area (Å²) in [6.45, 7) is 1.10. The molecule has 1 aromatic carbocycles. The highest BCUT2D eigenvalue weighted by Gasteiger charge is 2.46. The van der Waals surface area contributed by atoms with Crippen molar-refractivity contribution in [3.8, 4) is 0 Å². The third-order valence-electron chi connectivity index (χ3n) is 4.20. The molecule has 0 spiro atoms. The Morgan fingerprint density at radius 2 is 2.16 bits per heavy atom. The van der Waals surface area contributed by atoms with Crippen LogP contribution in [0.15, 0.2) is 30.3 Å². The molecule has 2 aliphatic rings. The molecule has 5 heteroatoms. The Kier molecular flexibility index (Phi) is 3.40. The predicted octanol–water partition coefficient (Wildman–Crippen LogP) is 1.25. The second kappa shape index (κ2) is 5.19. The summed E-state index contributed by atoms with van der Waals surface area (Å²) in [5, 5.41) is 0. The van der Waals surface area contributed by atoms with Gasteiger partial charge in [0, 0.05) is 18.6 Å². The van der Waals surface area contributed by atoms with E-state index in [1.807, 2.05) is 35.2 Å². The minimum Gasteiger partial charge on any atom is -0.445 e. The van der Waals surface area contributed by atoms with Gasteiger partial charge in [-0.3, -0.25) is 11.3 Å². The molecule has 3 rings (SSSR count). The van der Waals surface area contributed by atoms with E-state index in [1.165, 1.54) is 0 Å². The van der Waals surface area contributed by atoms with Crippen LogP contribution in [0.5, 0.6) is 0 Å². The number of hydrazine groups is 1. The van der Waals surface area contributed by atoms with Crippen LogP contribution < -0.4 is 11.3 Å². The molecule has 1 heterocycles. The topological polar surface area (TPSA) is 67.6 Å². The first-order valence-corrected chi connectivity index (χ1v) is 6.71. The molecule has 1 aliphatic heterocycles. The number of ether oxygens (including phenoxy) is 1. The second-order valence-corrected chi connectivity index (χ2v) is 5.35. The average molecular weight is 261 g/mol. The number of carbonyl (C=O) groups is 1. The summed E-state index contributed by atoms with van der Waals surface area (Å²) in [7, 11) is 0. The zero-order valence-electron chi connectivity index (χ0n) is 10.8. The second-order valence-electron chi connectivity index (χ2n) is 5.35. The van der Waals surface area contributed by atoms with E-state index < -0.39 is 0 Å². The Hall–Kier alpha value is -1.59. The van der Waals surface area contributed by atoms with Crippen molar-refractivity contribution in [1.29, 1.82) is 0 Å². The number of amides is 1. The lowest BCUT2D eigenvalue weighted by atomic mass is 10.0. The van der Waals surface area contributed by atoms with Gasteiger partial charge in [-0.2, -0.15) is 0 Å². The SMILES string of the molecule is NNC1CC2CC1CN2C(=O)OCc1ccccc1. The molecule has 2 fully saturated rings. The fourth-order valence-electron chi connectivity index (χ4n) is 3.18. The number of nitrogens with two attached hydrogens (primary N) is 1. The number of likely N-dealkylation sites (tertiary alicyclic amines) is 1. The first-order chi connectivity index (χ1) is 9.28. The van der Waals surface area contributed by atoms with Gasteiger partial charge >= 0.3 is 6.09 Å². The van der Waals surface area contributed by atoms with Gasteiger partial charge in [-0.15, -0.1) is 0 Å². The quantitative estimate of drug-likeness (QED) is 0.635. The number of carbonyl (C=O) groups excluding carboxylic acids is 1. The van der Waals surface area contributed by atoms with Crippen molar-refractivity contribution in [2.45, 2.75) is 31.5 Å². The number of fused-ring (bicyclic) bond motifs is 2. The molecule has 3 atom stereocenters. The Bertz CT molecular complexity index is 451. The molecule has 3 N–H and O–H groups in total. The van der Waals surface area contributed by atoms with E-state index >= 15 is 0 Å². The van der Waals surface area contributed by atoms with Gasteiger partial charge in [-0.25, -0.2) is 4.79 Å². The predicted molar refractivity (Wildman–Crippen MR) is 71.0 cm³/mol. The van der Waals surface area contributed by atoms with Crippen molar-refractivity contribution < 1.29 is 9.53 Å². The van der Waals surface area contributed by atoms with Crippen molar-refractivity contribution in [1.82, 2.24) is 10.3 Å². The van der Waals surface area contributed by atoms with Gasteiger partial charge < -0.3 is 9.64 Å². The van der Waals surface area contributed by atoms with Gasteiger partial charge in [-0.05, 0) is 24.3 Å². The van der Waals surface area contributed by atoms with Crippen LogP contribution in [-0.4, -0.2) is 29.6 Å². The van der Waals surface area contributed by atoms with Crippen molar-refractivity contribution in [3.05, 3.63) is 35.9 Å². The summed E-state index contributed by atoms with van der Waals surface area (Å²) in [6, 6.07) is 10.4. The van der Waals surface area contributed by atoms with Gasteiger partial charge in [0.15, 0.2) is 0 Å². The van der Waals surface area contributed by atoms with E-state index in [2.05, 4.69) is 5.43 Å². The number of benzene rings is 1. The highest BCUT2D eigenvalue weighted by molar-refractivity contribution is 5.68. The van der Waals surface area contributed by atoms with E-state index in [4.69, 9.17) is 10.6 Å². The molecular weight excluding hydrogens is 242 g/mol. The number of piperidine rings is 1. The molecule has 19 heavy (non-hydrogen) atoms. The van der Waals surface area contributed by atoms with Crippen LogP contribution in [0.25, 0.3) is 0 Å². The largest absolute Gasteiger partial charge is 0.445 e. The summed E-state index contributed by atoms with van der Waals surface area (Å²) in [5.74, 6) is 5.96. The van der Waals surface area contributed by atoms with E-state index in [1.54, 1.807) is 0 Å². The monoisotopic (exact) mass is 261 g/mol. The maximum Gasteiger partial charge on any atom is 0.410 e. The molecule has 1 amide bonds. The maximum absolute atomic E-state index is 12.1. The number of hydrogen-bond donors (Lipinski definition) is 2. The fourth-order valence-corrected chi connectivity index (χ4v) is 3.18. The number of rotatable bonds is 3. The molecule has 1 saturated heterocycles. The lowest BCUT2D eigenvalue weighted by Gasteiger charge is -2.30. The maximum atomic E-state index is 12.1. The van der Waals surface area contributed by atoms with Gasteiger partial charge in [0.05, 0.1) is 0 Å². The Morgan fingerprint density at radius 3 is 2.79 bits per heavy atom. The first-order valence-electron chi connectivity index (χ1n) is 6.71. The third kappa shape index (κ3) is 2.43. The van der Waals surface area contributed by atoms with Gasteiger partial charge in [-0.1, -0.05) is 30.3 Å². The summed E-state index contributed by atoms with van der Waals surface area (Å²) < 4.78 is 5.37. The van der Waals surface area contributed by atoms with Crippen LogP contribution in [0.4, 0.5) is 4.79 Å². The van der Waals surface area contributed by atoms with Gasteiger partial charge in [0.1, 0.15) is 6.61 Å². The van der Waals surface area contributed by atoms with E-state index in [0.717, 1.165) is 24.9 Å². The normalized spacial score (nSPS) is 28.7. The summed E-state index contributed by atoms with van der Waals surface area (Å²) in [4.78, 5) is 13.9. The van der Waals surface area contributed by atoms with Crippen LogP contribution in [0.2, 0.25) is 0 Å². The van der Waals surface area contributed by atoms with Gasteiger partial charge in [0.25, 0.3) is 0 Å². The van der Waals surface area contributed by atoms with E-state index in [-0.39, 0.29) is 12.1 Å². The number of nitrogens with one attached hydrogen (secondary N) is 1. The Morgan fingerprint density at radius 1 is 1.37 bits per heavy atom. The molecule has 0 aromatic heterocycles. The molecule has 1 aliphatic carbocycles. The van der Waals surface area contributed by atoms with E-state index in [9.17, 15) is 4.79 Å². The zero-order chi connectivity index (χ0) is 13.2. The minimum absolute atomic E-state index is 0.202. The van der Waals surface area contributed by atoms with Crippen LogP contribution in [0.3, 0.4) is 0 Å². The number of nitrogens with zero attached hydrogens (tertiary/aromatic N) is 1. The summed E-state index contributed by atoms with van der Waals surface area (Å²) >= 11 is 0. The number of hydrogen-bond acceptors (Lipinski definition) is 4. The van der Waals surface area contributed by atoms with Crippen LogP contribution >= 0.6 is 0 Å². The summed E-state index contributed by atoms with van der Waals surface area (Å²) in [6.07, 6.45) is 1.77.